The van der Waals surface area contributed by atoms with E-state index in [-0.39, 0.29) is 0 Å². The van der Waals surface area contributed by atoms with Crippen LogP contribution < -0.4 is 10.1 Å². The smallest absolute Gasteiger partial charge is 0.214 e. The maximum Gasteiger partial charge on any atom is 0.214 e. The van der Waals surface area contributed by atoms with Gasteiger partial charge in [-0.1, -0.05) is 6.07 Å². The zero-order valence-electron chi connectivity index (χ0n) is 9.48. The molecular weight excluding hydrogens is 219 g/mol. The average molecular weight is 232 g/mol. The molecule has 0 fully saturated rings. The predicted octanol–water partition coefficient (Wildman–Crippen LogP) is 3.36. The molecule has 0 aliphatic rings. The number of aromatic nitrogens is 1. The molecule has 0 aliphatic heterocycles. The zero-order chi connectivity index (χ0) is 12.1. The predicted molar refractivity (Wildman–Crippen MR) is 65.1 cm³/mol. The second kappa shape index (κ2) is 5.30. The zero-order valence-corrected chi connectivity index (χ0v) is 9.48. The Bertz CT molecular complexity index is 485. The van der Waals surface area contributed by atoms with E-state index in [1.165, 1.54) is 6.07 Å². The van der Waals surface area contributed by atoms with Crippen LogP contribution in [0.2, 0.25) is 0 Å². The lowest BCUT2D eigenvalue weighted by molar-refractivity contribution is 0.340. The number of halogens is 1. The van der Waals surface area contributed by atoms with Gasteiger partial charge in [-0.3, -0.25) is 0 Å². The Hall–Kier alpha value is -2.10. The molecule has 2 rings (SSSR count). The quantitative estimate of drug-likeness (QED) is 0.821. The molecule has 1 aromatic carbocycles. The van der Waals surface area contributed by atoms with E-state index in [0.29, 0.717) is 12.4 Å². The lowest BCUT2D eigenvalue weighted by Gasteiger charge is -2.07. The Morgan fingerprint density at radius 2 is 1.94 bits per heavy atom. The van der Waals surface area contributed by atoms with Gasteiger partial charge in [-0.15, -0.1) is 0 Å². The summed E-state index contributed by atoms with van der Waals surface area (Å²) < 4.78 is 18.2. The first-order chi connectivity index (χ1) is 8.28. The Morgan fingerprint density at radius 3 is 2.59 bits per heavy atom. The molecule has 0 aliphatic carbocycles. The van der Waals surface area contributed by atoms with Gasteiger partial charge >= 0.3 is 0 Å². The van der Waals surface area contributed by atoms with Gasteiger partial charge < -0.3 is 10.1 Å². The summed E-state index contributed by atoms with van der Waals surface area (Å²) in [4.78, 5) is 3.72. The van der Waals surface area contributed by atoms with Gasteiger partial charge in [0.1, 0.15) is 11.6 Å². The van der Waals surface area contributed by atoms with Gasteiger partial charge in [0.05, 0.1) is 6.61 Å². The number of nitrogens with zero attached hydrogens (tertiary/aromatic N) is 1. The van der Waals surface area contributed by atoms with E-state index < -0.39 is 5.95 Å². The summed E-state index contributed by atoms with van der Waals surface area (Å²) in [6, 6.07) is 12.0. The second-order valence-electron chi connectivity index (χ2n) is 3.43. The fourth-order valence-electron chi connectivity index (χ4n) is 1.43. The minimum Gasteiger partial charge on any atom is -0.494 e. The molecular formula is C13H13FN2O. The molecule has 1 N–H and O–H groups in total. The van der Waals surface area contributed by atoms with Crippen molar-refractivity contribution in [3.63, 3.8) is 0 Å². The van der Waals surface area contributed by atoms with Crippen LogP contribution in [0.5, 0.6) is 5.75 Å². The summed E-state index contributed by atoms with van der Waals surface area (Å²) in [5.74, 6) is 0.792. The van der Waals surface area contributed by atoms with Gasteiger partial charge in [-0.05, 0) is 43.3 Å². The molecule has 0 unspecified atom stereocenters. The summed E-state index contributed by atoms with van der Waals surface area (Å²) in [5.41, 5.74) is 0.839. The van der Waals surface area contributed by atoms with E-state index >= 15 is 0 Å². The maximum atomic E-state index is 12.9. The Balaban J connectivity index is 2.08. The van der Waals surface area contributed by atoms with Crippen LogP contribution in [0.25, 0.3) is 0 Å². The van der Waals surface area contributed by atoms with Crippen LogP contribution in [0.4, 0.5) is 15.9 Å². The molecule has 1 heterocycles. The van der Waals surface area contributed by atoms with Crippen LogP contribution in [0, 0.1) is 5.95 Å². The van der Waals surface area contributed by atoms with Gasteiger partial charge in [0.15, 0.2) is 0 Å². The van der Waals surface area contributed by atoms with Crippen molar-refractivity contribution in [1.29, 1.82) is 0 Å². The van der Waals surface area contributed by atoms with Crippen LogP contribution >= 0.6 is 0 Å². The van der Waals surface area contributed by atoms with Crippen molar-refractivity contribution >= 4 is 11.5 Å². The van der Waals surface area contributed by atoms with Crippen molar-refractivity contribution in [3.8, 4) is 5.75 Å². The standard InChI is InChI=1S/C13H13FN2O/c1-2-17-11-8-6-10(7-9-11)15-13-5-3-4-12(14)16-13/h3-9H,2H2,1H3,(H,15,16). The number of hydrogen-bond donors (Lipinski definition) is 1. The number of pyridine rings is 1. The normalized spacial score (nSPS) is 10.0. The molecule has 0 atom stereocenters. The summed E-state index contributed by atoms with van der Waals surface area (Å²) in [7, 11) is 0. The van der Waals surface area contributed by atoms with Crippen LogP contribution in [-0.4, -0.2) is 11.6 Å². The lowest BCUT2D eigenvalue weighted by Crippen LogP contribution is -1.95. The molecule has 4 heteroatoms. The van der Waals surface area contributed by atoms with Crippen molar-refractivity contribution in [2.45, 2.75) is 6.92 Å². The van der Waals surface area contributed by atoms with E-state index in [1.54, 1.807) is 12.1 Å². The van der Waals surface area contributed by atoms with E-state index in [9.17, 15) is 4.39 Å². The molecule has 0 bridgehead atoms. The molecule has 0 saturated heterocycles. The minimum atomic E-state index is -0.499. The number of anilines is 2. The number of benzene rings is 1. The third kappa shape index (κ3) is 3.17. The lowest BCUT2D eigenvalue weighted by atomic mass is 10.3. The van der Waals surface area contributed by atoms with E-state index in [1.807, 2.05) is 31.2 Å². The van der Waals surface area contributed by atoms with Gasteiger partial charge in [0.2, 0.25) is 5.95 Å². The fourth-order valence-corrected chi connectivity index (χ4v) is 1.43. The van der Waals surface area contributed by atoms with Gasteiger partial charge in [-0.2, -0.15) is 4.39 Å². The van der Waals surface area contributed by atoms with Gasteiger partial charge in [0.25, 0.3) is 0 Å². The molecule has 0 saturated carbocycles. The number of hydrogen-bond acceptors (Lipinski definition) is 3. The molecule has 0 spiro atoms. The van der Waals surface area contributed by atoms with Crippen molar-refractivity contribution in [2.75, 3.05) is 11.9 Å². The summed E-state index contributed by atoms with van der Waals surface area (Å²) in [5, 5.41) is 3.01. The summed E-state index contributed by atoms with van der Waals surface area (Å²) in [6.07, 6.45) is 0. The molecule has 2 aromatic rings. The van der Waals surface area contributed by atoms with E-state index in [0.717, 1.165) is 11.4 Å². The molecule has 88 valence electrons. The molecule has 1 aromatic heterocycles. The largest absolute Gasteiger partial charge is 0.494 e. The van der Waals surface area contributed by atoms with Crippen LogP contribution in [0.3, 0.4) is 0 Å². The molecule has 0 amide bonds. The number of rotatable bonds is 4. The van der Waals surface area contributed by atoms with Crippen LogP contribution in [0.1, 0.15) is 6.92 Å². The van der Waals surface area contributed by atoms with E-state index in [2.05, 4.69) is 10.3 Å². The monoisotopic (exact) mass is 232 g/mol. The maximum absolute atomic E-state index is 12.9. The fraction of sp³-hybridized carbons (Fsp3) is 0.154. The van der Waals surface area contributed by atoms with E-state index in [4.69, 9.17) is 4.74 Å². The van der Waals surface area contributed by atoms with Crippen molar-refractivity contribution in [1.82, 2.24) is 4.98 Å². The highest BCUT2D eigenvalue weighted by molar-refractivity contribution is 5.56. The Labute approximate surface area is 99.3 Å². The van der Waals surface area contributed by atoms with Gasteiger partial charge in [-0.25, -0.2) is 4.98 Å². The van der Waals surface area contributed by atoms with Crippen molar-refractivity contribution < 1.29 is 9.13 Å². The first-order valence-corrected chi connectivity index (χ1v) is 5.40. The first kappa shape index (κ1) is 11.4. The van der Waals surface area contributed by atoms with Crippen LogP contribution in [-0.2, 0) is 0 Å². The highest BCUT2D eigenvalue weighted by atomic mass is 19.1. The summed E-state index contributed by atoms with van der Waals surface area (Å²) in [6.45, 7) is 2.57. The Kier molecular flexibility index (Phi) is 3.55. The number of ether oxygens (including phenoxy) is 1. The number of nitrogens with one attached hydrogen (secondary N) is 1. The summed E-state index contributed by atoms with van der Waals surface area (Å²) >= 11 is 0. The second-order valence-corrected chi connectivity index (χ2v) is 3.43. The van der Waals surface area contributed by atoms with Crippen molar-refractivity contribution in [3.05, 3.63) is 48.4 Å². The molecule has 0 radical (unpaired) electrons. The van der Waals surface area contributed by atoms with Crippen LogP contribution in [0.15, 0.2) is 42.5 Å². The first-order valence-electron chi connectivity index (χ1n) is 5.40. The highest BCUT2D eigenvalue weighted by Gasteiger charge is 1.98. The minimum absolute atomic E-state index is 0.481. The molecule has 3 nitrogen and oxygen atoms in total. The molecule has 17 heavy (non-hydrogen) atoms. The average Bonchev–Trinajstić information content (AvgIpc) is 2.32. The topological polar surface area (TPSA) is 34.1 Å². The Morgan fingerprint density at radius 1 is 1.18 bits per heavy atom. The SMILES string of the molecule is CCOc1ccc(Nc2cccc(F)n2)cc1. The third-order valence-electron chi connectivity index (χ3n) is 2.15. The van der Waals surface area contributed by atoms with Gasteiger partial charge in [0, 0.05) is 5.69 Å². The third-order valence-corrected chi connectivity index (χ3v) is 2.15. The van der Waals surface area contributed by atoms with Crippen molar-refractivity contribution in [2.24, 2.45) is 0 Å². The highest BCUT2D eigenvalue weighted by Crippen LogP contribution is 2.18.